The van der Waals surface area contributed by atoms with Gasteiger partial charge < -0.3 is 4.74 Å². The lowest BCUT2D eigenvalue weighted by Crippen LogP contribution is -2.01. The molecule has 0 aliphatic rings. The van der Waals surface area contributed by atoms with Gasteiger partial charge in [-0.1, -0.05) is 32.9 Å². The summed E-state index contributed by atoms with van der Waals surface area (Å²) in [5, 5.41) is 0. The number of methoxy groups -OCH3 is 1. The molecule has 0 aliphatic carbocycles. The van der Waals surface area contributed by atoms with Crippen LogP contribution in [0.4, 0.5) is 0 Å². The first kappa shape index (κ1) is 16.4. The van der Waals surface area contributed by atoms with Crippen LogP contribution in [-0.2, 0) is 6.42 Å². The van der Waals surface area contributed by atoms with Crippen molar-refractivity contribution in [2.75, 3.05) is 7.11 Å². The van der Waals surface area contributed by atoms with Gasteiger partial charge in [0.2, 0.25) is 5.88 Å². The summed E-state index contributed by atoms with van der Waals surface area (Å²) in [6, 6.07) is 10.3. The van der Waals surface area contributed by atoms with E-state index in [1.807, 2.05) is 18.5 Å². The highest BCUT2D eigenvalue weighted by molar-refractivity contribution is 5.74. The Balaban J connectivity index is 1.82. The van der Waals surface area contributed by atoms with Gasteiger partial charge in [0.15, 0.2) is 0 Å². The van der Waals surface area contributed by atoms with Gasteiger partial charge in [-0.15, -0.1) is 0 Å². The highest BCUT2D eigenvalue weighted by atomic mass is 16.5. The van der Waals surface area contributed by atoms with Crippen LogP contribution in [0.2, 0.25) is 0 Å². The second-order valence-corrected chi connectivity index (χ2v) is 6.51. The first-order valence-corrected chi connectivity index (χ1v) is 8.32. The maximum Gasteiger partial charge on any atom is 0.212 e. The number of nitrogens with zero attached hydrogens (tertiary/aromatic N) is 3. The first-order valence-electron chi connectivity index (χ1n) is 8.32. The van der Waals surface area contributed by atoms with Crippen molar-refractivity contribution < 1.29 is 4.74 Å². The summed E-state index contributed by atoms with van der Waals surface area (Å²) in [4.78, 5) is 13.6. The maximum absolute atomic E-state index is 5.12. The molecule has 0 bridgehead atoms. The molecule has 24 heavy (non-hydrogen) atoms. The van der Waals surface area contributed by atoms with Crippen LogP contribution in [0, 0.1) is 0 Å². The largest absolute Gasteiger partial charge is 0.481 e. The lowest BCUT2D eigenvalue weighted by Gasteiger charge is -2.13. The predicted octanol–water partition coefficient (Wildman–Crippen LogP) is 4.50. The molecule has 0 N–H and O–H groups in total. The summed E-state index contributed by atoms with van der Waals surface area (Å²) in [6.07, 6.45) is 4.71. The van der Waals surface area contributed by atoms with Crippen molar-refractivity contribution in [2.24, 2.45) is 0 Å². The number of fused-ring (bicyclic) bond motifs is 1. The van der Waals surface area contributed by atoms with Crippen molar-refractivity contribution >= 4 is 11.0 Å². The van der Waals surface area contributed by atoms with Crippen molar-refractivity contribution in [1.29, 1.82) is 0 Å². The molecule has 124 valence electrons. The van der Waals surface area contributed by atoms with E-state index in [9.17, 15) is 0 Å². The van der Waals surface area contributed by atoms with Crippen molar-refractivity contribution in [3.63, 3.8) is 0 Å². The van der Waals surface area contributed by atoms with Gasteiger partial charge in [0.25, 0.3) is 0 Å². The van der Waals surface area contributed by atoms with Gasteiger partial charge in [0, 0.05) is 18.5 Å². The number of pyridine rings is 1. The minimum Gasteiger partial charge on any atom is -0.481 e. The van der Waals surface area contributed by atoms with Crippen LogP contribution in [-0.4, -0.2) is 22.1 Å². The monoisotopic (exact) mass is 321 g/mol. The van der Waals surface area contributed by atoms with Gasteiger partial charge in [0.05, 0.1) is 23.8 Å². The van der Waals surface area contributed by atoms with Crippen molar-refractivity contribution in [2.45, 2.75) is 39.0 Å². The van der Waals surface area contributed by atoms with Crippen LogP contribution in [0.15, 0.2) is 42.7 Å². The molecule has 1 aromatic carbocycles. The first-order chi connectivity index (χ1) is 11.6. The molecule has 3 rings (SSSR count). The Morgan fingerprint density at radius 2 is 1.79 bits per heavy atom. The van der Waals surface area contributed by atoms with E-state index in [4.69, 9.17) is 9.72 Å². The second-order valence-electron chi connectivity index (χ2n) is 6.51. The van der Waals surface area contributed by atoms with Crippen LogP contribution >= 0.6 is 0 Å². The van der Waals surface area contributed by atoms with Gasteiger partial charge in [-0.2, -0.15) is 0 Å². The van der Waals surface area contributed by atoms with E-state index in [-0.39, 0.29) is 0 Å². The standard InChI is InChI=1S/C20H23N3O/c1-13(2)19-12-21-17-7-5-15(10-18(17)23-19)9-14(3)16-6-8-20(24-4)22-11-16/h5-8,10-14H,9H2,1-4H3/t14-/m0/s1. The molecule has 0 amide bonds. The van der Waals surface area contributed by atoms with Gasteiger partial charge in [0.1, 0.15) is 0 Å². The molecule has 2 heterocycles. The van der Waals surface area contributed by atoms with Gasteiger partial charge in [-0.3, -0.25) is 4.98 Å². The third-order valence-electron chi connectivity index (χ3n) is 4.30. The van der Waals surface area contributed by atoms with E-state index in [1.165, 1.54) is 11.1 Å². The third-order valence-corrected chi connectivity index (χ3v) is 4.30. The molecule has 0 aliphatic heterocycles. The fourth-order valence-electron chi connectivity index (χ4n) is 2.75. The molecule has 4 heteroatoms. The third kappa shape index (κ3) is 3.53. The highest BCUT2D eigenvalue weighted by Crippen LogP contribution is 2.23. The molecule has 0 saturated heterocycles. The van der Waals surface area contributed by atoms with E-state index in [2.05, 4.69) is 55.0 Å². The lowest BCUT2D eigenvalue weighted by atomic mass is 9.94. The Bertz CT molecular complexity index is 828. The molecule has 0 radical (unpaired) electrons. The van der Waals surface area contributed by atoms with E-state index >= 15 is 0 Å². The molecule has 0 unspecified atom stereocenters. The van der Waals surface area contributed by atoms with E-state index in [0.29, 0.717) is 17.7 Å². The van der Waals surface area contributed by atoms with E-state index < -0.39 is 0 Å². The quantitative estimate of drug-likeness (QED) is 0.694. The minimum atomic E-state index is 0.377. The number of hydrogen-bond donors (Lipinski definition) is 0. The maximum atomic E-state index is 5.12. The zero-order valence-corrected chi connectivity index (χ0v) is 14.7. The summed E-state index contributed by atoms with van der Waals surface area (Å²) in [5.41, 5.74) is 5.42. The summed E-state index contributed by atoms with van der Waals surface area (Å²) in [6.45, 7) is 6.49. The molecule has 3 aromatic rings. The number of benzene rings is 1. The molecule has 0 fully saturated rings. The molecular formula is C20H23N3O. The Kier molecular flexibility index (Phi) is 4.74. The van der Waals surface area contributed by atoms with Crippen LogP contribution in [0.25, 0.3) is 11.0 Å². The number of hydrogen-bond acceptors (Lipinski definition) is 4. The number of ether oxygens (including phenoxy) is 1. The predicted molar refractivity (Wildman–Crippen MR) is 96.5 cm³/mol. The van der Waals surface area contributed by atoms with Crippen molar-refractivity contribution in [3.05, 3.63) is 59.5 Å². The Morgan fingerprint density at radius 1 is 0.958 bits per heavy atom. The molecule has 0 saturated carbocycles. The fraction of sp³-hybridized carbons (Fsp3) is 0.350. The van der Waals surface area contributed by atoms with Gasteiger partial charge in [-0.25, -0.2) is 9.97 Å². The summed E-state index contributed by atoms with van der Waals surface area (Å²) in [5.74, 6) is 1.41. The SMILES string of the molecule is COc1ccc([C@@H](C)Cc2ccc3ncc(C(C)C)nc3c2)cn1. The lowest BCUT2D eigenvalue weighted by molar-refractivity contribution is 0.397. The molecule has 1 atom stereocenters. The van der Waals surface area contributed by atoms with Gasteiger partial charge >= 0.3 is 0 Å². The summed E-state index contributed by atoms with van der Waals surface area (Å²) < 4.78 is 5.12. The molecule has 0 spiro atoms. The minimum absolute atomic E-state index is 0.377. The van der Waals surface area contributed by atoms with Crippen molar-refractivity contribution in [3.8, 4) is 5.88 Å². The zero-order chi connectivity index (χ0) is 17.1. The molecule has 4 nitrogen and oxygen atoms in total. The average molecular weight is 321 g/mol. The Hall–Kier alpha value is -2.49. The smallest absolute Gasteiger partial charge is 0.212 e. The normalized spacial score (nSPS) is 12.5. The molecular weight excluding hydrogens is 298 g/mol. The van der Waals surface area contributed by atoms with E-state index in [0.717, 1.165) is 23.1 Å². The molecule has 2 aromatic heterocycles. The second kappa shape index (κ2) is 6.95. The van der Waals surface area contributed by atoms with Gasteiger partial charge in [-0.05, 0) is 41.5 Å². The summed E-state index contributed by atoms with van der Waals surface area (Å²) >= 11 is 0. The van der Waals surface area contributed by atoms with E-state index in [1.54, 1.807) is 7.11 Å². The number of rotatable bonds is 5. The fourth-order valence-corrected chi connectivity index (χ4v) is 2.75. The van der Waals surface area contributed by atoms with Crippen LogP contribution in [0.5, 0.6) is 5.88 Å². The Morgan fingerprint density at radius 3 is 2.46 bits per heavy atom. The summed E-state index contributed by atoms with van der Waals surface area (Å²) in [7, 11) is 1.63. The average Bonchev–Trinajstić information content (AvgIpc) is 2.61. The zero-order valence-electron chi connectivity index (χ0n) is 14.7. The van der Waals surface area contributed by atoms with Crippen LogP contribution in [0.3, 0.4) is 0 Å². The Labute approximate surface area is 142 Å². The van der Waals surface area contributed by atoms with Crippen LogP contribution in [0.1, 0.15) is 49.4 Å². The topological polar surface area (TPSA) is 47.9 Å². The van der Waals surface area contributed by atoms with Crippen LogP contribution < -0.4 is 4.74 Å². The highest BCUT2D eigenvalue weighted by Gasteiger charge is 2.10. The number of aromatic nitrogens is 3. The van der Waals surface area contributed by atoms with Crippen molar-refractivity contribution in [1.82, 2.24) is 15.0 Å².